The van der Waals surface area contributed by atoms with Gasteiger partial charge in [-0.2, -0.15) is 0 Å². The second kappa shape index (κ2) is 9.54. The minimum atomic E-state index is 0.0565. The predicted molar refractivity (Wildman–Crippen MR) is 114 cm³/mol. The molecule has 0 aliphatic carbocycles. The second-order valence-electron chi connectivity index (χ2n) is 6.78. The molecule has 0 atom stereocenters. The number of likely N-dealkylation sites (N-methyl/N-ethyl adjacent to an activating group) is 1. The lowest BCUT2D eigenvalue weighted by Gasteiger charge is -2.35. The maximum Gasteiger partial charge on any atom is 0.264 e. The summed E-state index contributed by atoms with van der Waals surface area (Å²) in [5.41, 5.74) is 1.03. The zero-order valence-corrected chi connectivity index (χ0v) is 18.5. The summed E-state index contributed by atoms with van der Waals surface area (Å²) < 4.78 is 6.39. The highest BCUT2D eigenvalue weighted by Gasteiger charge is 2.25. The number of hydrogen-bond donors (Lipinski definition) is 0. The average Bonchev–Trinajstić information content (AvgIpc) is 3.22. The molecule has 0 unspecified atom stereocenters. The number of nitrogens with zero attached hydrogens (tertiary/aromatic N) is 3. The van der Waals surface area contributed by atoms with Crippen molar-refractivity contribution in [2.75, 3.05) is 46.9 Å². The number of methoxy groups -OCH3 is 1. The molecule has 0 saturated carbocycles. The largest absolute Gasteiger partial charge is 0.496 e. The van der Waals surface area contributed by atoms with E-state index in [1.165, 1.54) is 11.3 Å². The molecule has 6 nitrogen and oxygen atoms in total. The Morgan fingerprint density at radius 3 is 2.54 bits per heavy atom. The zero-order chi connectivity index (χ0) is 20.1. The van der Waals surface area contributed by atoms with Crippen LogP contribution in [0.2, 0.25) is 0 Å². The van der Waals surface area contributed by atoms with Gasteiger partial charge in [-0.25, -0.2) is 0 Å². The minimum Gasteiger partial charge on any atom is -0.496 e. The fourth-order valence-electron chi connectivity index (χ4n) is 3.26. The minimum absolute atomic E-state index is 0.0565. The van der Waals surface area contributed by atoms with E-state index in [1.807, 2.05) is 57.5 Å². The normalized spacial score (nSPS) is 14.4. The van der Waals surface area contributed by atoms with Crippen LogP contribution in [0.15, 0.2) is 40.2 Å². The third kappa shape index (κ3) is 5.12. The molecular formula is C20H24BrN3O3S. The van der Waals surface area contributed by atoms with Crippen LogP contribution in [0.25, 0.3) is 0 Å². The van der Waals surface area contributed by atoms with Gasteiger partial charge in [0.2, 0.25) is 5.91 Å². The molecule has 1 aromatic carbocycles. The summed E-state index contributed by atoms with van der Waals surface area (Å²) in [6.07, 6.45) is 0. The van der Waals surface area contributed by atoms with Gasteiger partial charge >= 0.3 is 0 Å². The molecule has 0 spiro atoms. The van der Waals surface area contributed by atoms with Crippen LogP contribution in [-0.4, -0.2) is 73.4 Å². The first-order chi connectivity index (χ1) is 13.5. The Labute approximate surface area is 177 Å². The summed E-state index contributed by atoms with van der Waals surface area (Å²) in [6, 6.07) is 9.58. The van der Waals surface area contributed by atoms with Crippen LogP contribution in [0, 0.1) is 0 Å². The van der Waals surface area contributed by atoms with Gasteiger partial charge in [0.25, 0.3) is 5.91 Å². The van der Waals surface area contributed by atoms with Gasteiger partial charge in [-0.3, -0.25) is 14.5 Å². The first kappa shape index (κ1) is 20.8. The van der Waals surface area contributed by atoms with Crippen LogP contribution in [0.4, 0.5) is 0 Å². The van der Waals surface area contributed by atoms with Crippen molar-refractivity contribution in [2.45, 2.75) is 6.54 Å². The van der Waals surface area contributed by atoms with Gasteiger partial charge in [0, 0.05) is 42.8 Å². The molecule has 0 bridgehead atoms. The standard InChI is InChI=1S/C20H24BrN3O3S/c1-22(13-15-12-16(21)5-6-17(15)27-2)14-19(25)23-7-9-24(10-8-23)20(26)18-4-3-11-28-18/h3-6,11-12H,7-10,13-14H2,1-2H3. The van der Waals surface area contributed by atoms with Crippen molar-refractivity contribution in [1.29, 1.82) is 0 Å². The third-order valence-corrected chi connectivity index (χ3v) is 6.09. The SMILES string of the molecule is COc1ccc(Br)cc1CN(C)CC(=O)N1CCN(C(=O)c2cccs2)CC1. The van der Waals surface area contributed by atoms with Crippen LogP contribution in [0.1, 0.15) is 15.2 Å². The quantitative estimate of drug-likeness (QED) is 0.657. The molecule has 8 heteroatoms. The zero-order valence-electron chi connectivity index (χ0n) is 16.1. The molecule has 1 aliphatic heterocycles. The van der Waals surface area contributed by atoms with Crippen molar-refractivity contribution in [3.63, 3.8) is 0 Å². The number of benzene rings is 1. The third-order valence-electron chi connectivity index (χ3n) is 4.74. The van der Waals surface area contributed by atoms with Gasteiger partial charge in [0.15, 0.2) is 0 Å². The fourth-order valence-corrected chi connectivity index (χ4v) is 4.36. The highest BCUT2D eigenvalue weighted by Crippen LogP contribution is 2.24. The van der Waals surface area contributed by atoms with Crippen LogP contribution in [0.5, 0.6) is 5.75 Å². The molecule has 2 aromatic rings. The number of halogens is 1. The summed E-state index contributed by atoms with van der Waals surface area (Å²) in [7, 11) is 3.57. The van der Waals surface area contributed by atoms with E-state index in [9.17, 15) is 9.59 Å². The molecular weight excluding hydrogens is 442 g/mol. The summed E-state index contributed by atoms with van der Waals surface area (Å²) in [4.78, 5) is 31.5. The van der Waals surface area contributed by atoms with E-state index in [4.69, 9.17) is 4.74 Å². The van der Waals surface area contributed by atoms with Gasteiger partial charge in [-0.15, -0.1) is 11.3 Å². The Kier molecular flexibility index (Phi) is 7.09. The number of thiophene rings is 1. The number of hydrogen-bond acceptors (Lipinski definition) is 5. The summed E-state index contributed by atoms with van der Waals surface area (Å²) in [6.45, 7) is 3.24. The lowest BCUT2D eigenvalue weighted by molar-refractivity contribution is -0.133. The summed E-state index contributed by atoms with van der Waals surface area (Å²) in [5, 5.41) is 1.91. The maximum absolute atomic E-state index is 12.7. The van der Waals surface area contributed by atoms with E-state index in [1.54, 1.807) is 7.11 Å². The fraction of sp³-hybridized carbons (Fsp3) is 0.400. The molecule has 28 heavy (non-hydrogen) atoms. The molecule has 0 N–H and O–H groups in total. The number of rotatable bonds is 6. The highest BCUT2D eigenvalue weighted by atomic mass is 79.9. The average molecular weight is 466 g/mol. The van der Waals surface area contributed by atoms with Crippen molar-refractivity contribution < 1.29 is 14.3 Å². The lowest BCUT2D eigenvalue weighted by atomic mass is 10.2. The molecule has 3 rings (SSSR count). The number of piperazine rings is 1. The molecule has 150 valence electrons. The molecule has 1 saturated heterocycles. The first-order valence-corrected chi connectivity index (χ1v) is 10.8. The maximum atomic E-state index is 12.7. The van der Waals surface area contributed by atoms with Crippen LogP contribution in [0.3, 0.4) is 0 Å². The van der Waals surface area contributed by atoms with Crippen molar-refractivity contribution >= 4 is 39.1 Å². The molecule has 2 heterocycles. The van der Waals surface area contributed by atoms with Crippen molar-refractivity contribution in [2.24, 2.45) is 0 Å². The first-order valence-electron chi connectivity index (χ1n) is 9.09. The smallest absolute Gasteiger partial charge is 0.264 e. The second-order valence-corrected chi connectivity index (χ2v) is 8.64. The van der Waals surface area contributed by atoms with E-state index < -0.39 is 0 Å². The van der Waals surface area contributed by atoms with Crippen LogP contribution >= 0.6 is 27.3 Å². The van der Waals surface area contributed by atoms with Crippen molar-refractivity contribution in [3.8, 4) is 5.75 Å². The van der Waals surface area contributed by atoms with E-state index in [-0.39, 0.29) is 11.8 Å². The Morgan fingerprint density at radius 1 is 1.18 bits per heavy atom. The van der Waals surface area contributed by atoms with Gasteiger partial charge < -0.3 is 14.5 Å². The Bertz CT molecular complexity index is 820. The van der Waals surface area contributed by atoms with E-state index in [0.29, 0.717) is 39.3 Å². The van der Waals surface area contributed by atoms with Crippen molar-refractivity contribution in [1.82, 2.24) is 14.7 Å². The van der Waals surface area contributed by atoms with Crippen molar-refractivity contribution in [3.05, 3.63) is 50.6 Å². The Balaban J connectivity index is 1.50. The lowest BCUT2D eigenvalue weighted by Crippen LogP contribution is -2.52. The van der Waals surface area contributed by atoms with E-state index in [2.05, 4.69) is 15.9 Å². The summed E-state index contributed by atoms with van der Waals surface area (Å²) >= 11 is 4.93. The van der Waals surface area contributed by atoms with E-state index >= 15 is 0 Å². The van der Waals surface area contributed by atoms with Gasteiger partial charge in [-0.1, -0.05) is 22.0 Å². The van der Waals surface area contributed by atoms with E-state index in [0.717, 1.165) is 20.7 Å². The molecule has 1 aliphatic rings. The van der Waals surface area contributed by atoms with Crippen LogP contribution in [-0.2, 0) is 11.3 Å². The topological polar surface area (TPSA) is 53.1 Å². The van der Waals surface area contributed by atoms with Gasteiger partial charge in [0.05, 0.1) is 18.5 Å². The highest BCUT2D eigenvalue weighted by molar-refractivity contribution is 9.10. The molecule has 0 radical (unpaired) electrons. The Morgan fingerprint density at radius 2 is 1.89 bits per heavy atom. The van der Waals surface area contributed by atoms with Gasteiger partial charge in [-0.05, 0) is 36.7 Å². The molecule has 2 amide bonds. The predicted octanol–water partition coefficient (Wildman–Crippen LogP) is 2.94. The van der Waals surface area contributed by atoms with Crippen LogP contribution < -0.4 is 4.74 Å². The molecule has 1 aromatic heterocycles. The number of carbonyl (C=O) groups excluding carboxylic acids is 2. The van der Waals surface area contributed by atoms with Gasteiger partial charge in [0.1, 0.15) is 5.75 Å². The number of ether oxygens (including phenoxy) is 1. The summed E-state index contributed by atoms with van der Waals surface area (Å²) in [5.74, 6) is 0.948. The number of carbonyl (C=O) groups is 2. The monoisotopic (exact) mass is 465 g/mol. The molecule has 1 fully saturated rings. The Hall–Kier alpha value is -1.90. The number of amides is 2.